The monoisotopic (exact) mass is 839 g/mol. The molecule has 15 nitrogen and oxygen atoms in total. The molecule has 0 aromatic rings. The van der Waals surface area contributed by atoms with Crippen molar-refractivity contribution < 1.29 is 62.3 Å². The lowest BCUT2D eigenvalue weighted by Crippen LogP contribution is -2.27. The summed E-state index contributed by atoms with van der Waals surface area (Å²) in [6.07, 6.45) is 6.93. The molecule has 0 amide bonds. The van der Waals surface area contributed by atoms with Gasteiger partial charge in [0, 0.05) is 18.1 Å². The zero-order valence-electron chi connectivity index (χ0n) is 38.0. The Morgan fingerprint density at radius 2 is 1.10 bits per heavy atom. The predicted octanol–water partition coefficient (Wildman–Crippen LogP) is 8.04. The average Bonchev–Trinajstić information content (AvgIpc) is 3.21. The van der Waals surface area contributed by atoms with Crippen LogP contribution >= 0.6 is 0 Å². The highest BCUT2D eigenvalue weighted by molar-refractivity contribution is 5.87. The van der Waals surface area contributed by atoms with E-state index >= 15 is 0 Å². The highest BCUT2D eigenvalue weighted by Gasteiger charge is 2.28. The molecule has 338 valence electrons. The minimum atomic E-state index is -1.01. The molecular formula is C44H74N2O13. The molecule has 0 heterocycles. The molecule has 2 atom stereocenters. The molecule has 1 N–H and O–H groups in total. The summed E-state index contributed by atoms with van der Waals surface area (Å²) in [5.74, 6) is -2.32. The van der Waals surface area contributed by atoms with E-state index in [0.29, 0.717) is 26.0 Å². The van der Waals surface area contributed by atoms with Gasteiger partial charge in [-0.05, 0) is 93.4 Å². The SMILES string of the molecule is C=C(C)C(=O)OCC(O)COC(=O)C(C)CC.C=CC(=O)OCCOC(=O)C(C)(C)CC.[C-]#[N+]CCCCCCOC(=O)C(C)(C)CC.[C-]#[N+]COC(=O)C(C)(C)CC. The molecule has 0 fully saturated rings. The number of aliphatic hydroxyl groups excluding tert-OH is 1. The van der Waals surface area contributed by atoms with Gasteiger partial charge >= 0.3 is 42.5 Å². The van der Waals surface area contributed by atoms with Gasteiger partial charge in [0.15, 0.2) is 0 Å². The van der Waals surface area contributed by atoms with E-state index in [1.807, 2.05) is 55.4 Å². The van der Waals surface area contributed by atoms with Crippen molar-refractivity contribution in [2.75, 3.05) is 46.3 Å². The van der Waals surface area contributed by atoms with Crippen molar-refractivity contribution in [3.05, 3.63) is 47.6 Å². The van der Waals surface area contributed by atoms with Crippen LogP contribution in [0.2, 0.25) is 0 Å². The Bertz CT molecular complexity index is 1360. The summed E-state index contributed by atoms with van der Waals surface area (Å²) in [4.78, 5) is 73.2. The zero-order valence-corrected chi connectivity index (χ0v) is 38.0. The van der Waals surface area contributed by atoms with E-state index in [2.05, 4.69) is 32.3 Å². The lowest BCUT2D eigenvalue weighted by molar-refractivity contribution is -0.158. The van der Waals surface area contributed by atoms with Crippen molar-refractivity contribution in [1.82, 2.24) is 0 Å². The van der Waals surface area contributed by atoms with Gasteiger partial charge in [-0.3, -0.25) is 24.0 Å². The fourth-order valence-corrected chi connectivity index (χ4v) is 3.09. The number of rotatable bonds is 24. The van der Waals surface area contributed by atoms with Crippen LogP contribution in [-0.2, 0) is 57.2 Å². The number of unbranched alkanes of at least 4 members (excludes halogenated alkanes) is 3. The first-order valence-electron chi connectivity index (χ1n) is 20.0. The molecule has 0 aliphatic rings. The van der Waals surface area contributed by atoms with Gasteiger partial charge in [0.1, 0.15) is 32.5 Å². The van der Waals surface area contributed by atoms with E-state index in [9.17, 15) is 33.9 Å². The number of nitrogens with zero attached hydrogens (tertiary/aromatic N) is 2. The second-order valence-electron chi connectivity index (χ2n) is 15.3. The smallest absolute Gasteiger partial charge is 0.359 e. The number of aliphatic hydroxyl groups is 1. The topological polar surface area (TPSA) is 187 Å². The summed E-state index contributed by atoms with van der Waals surface area (Å²) in [5, 5.41) is 9.40. The summed E-state index contributed by atoms with van der Waals surface area (Å²) in [6.45, 7) is 42.4. The van der Waals surface area contributed by atoms with Gasteiger partial charge in [-0.15, -0.1) is 0 Å². The summed E-state index contributed by atoms with van der Waals surface area (Å²) in [6, 6.07) is 0. The van der Waals surface area contributed by atoms with Crippen molar-refractivity contribution in [1.29, 1.82) is 0 Å². The van der Waals surface area contributed by atoms with Crippen LogP contribution in [0.4, 0.5) is 0 Å². The van der Waals surface area contributed by atoms with Crippen molar-refractivity contribution in [2.45, 2.75) is 141 Å². The molecule has 2 unspecified atom stereocenters. The number of hydrogen-bond acceptors (Lipinski definition) is 13. The van der Waals surface area contributed by atoms with Crippen molar-refractivity contribution >= 4 is 35.8 Å². The van der Waals surface area contributed by atoms with E-state index in [1.54, 1.807) is 20.8 Å². The van der Waals surface area contributed by atoms with Crippen LogP contribution in [0.25, 0.3) is 9.69 Å². The third kappa shape index (κ3) is 33.9. The first-order valence-corrected chi connectivity index (χ1v) is 20.0. The van der Waals surface area contributed by atoms with E-state index in [1.165, 1.54) is 6.92 Å². The van der Waals surface area contributed by atoms with Crippen LogP contribution in [0.3, 0.4) is 0 Å². The summed E-state index contributed by atoms with van der Waals surface area (Å²) in [7, 11) is 0. The number of carbonyl (C=O) groups excluding carboxylic acids is 6. The van der Waals surface area contributed by atoms with Gasteiger partial charge in [-0.2, -0.15) is 0 Å². The molecular weight excluding hydrogens is 764 g/mol. The first kappa shape index (κ1) is 60.9. The molecule has 0 saturated heterocycles. The van der Waals surface area contributed by atoms with Crippen LogP contribution < -0.4 is 0 Å². The molecule has 0 spiro atoms. The fraction of sp³-hybridized carbons (Fsp3) is 0.727. The van der Waals surface area contributed by atoms with Crippen molar-refractivity contribution in [3.63, 3.8) is 0 Å². The molecule has 0 rings (SSSR count). The Morgan fingerprint density at radius 1 is 0.661 bits per heavy atom. The molecule has 0 aliphatic carbocycles. The maximum Gasteiger partial charge on any atom is 0.359 e. The Morgan fingerprint density at radius 3 is 1.53 bits per heavy atom. The van der Waals surface area contributed by atoms with Gasteiger partial charge in [-0.25, -0.2) is 22.7 Å². The molecule has 0 bridgehead atoms. The highest BCUT2D eigenvalue weighted by Crippen LogP contribution is 2.23. The largest absolute Gasteiger partial charge is 0.465 e. The number of hydrogen-bond donors (Lipinski definition) is 1. The number of ether oxygens (including phenoxy) is 6. The molecule has 0 aromatic carbocycles. The maximum atomic E-state index is 11.6. The third-order valence-electron chi connectivity index (χ3n) is 8.88. The Kier molecular flexibility index (Phi) is 36.3. The lowest BCUT2D eigenvalue weighted by atomic mass is 9.91. The summed E-state index contributed by atoms with van der Waals surface area (Å²) in [5.41, 5.74) is -1.04. The molecule has 0 radical (unpaired) electrons. The lowest BCUT2D eigenvalue weighted by Gasteiger charge is -2.20. The summed E-state index contributed by atoms with van der Waals surface area (Å²) < 4.78 is 29.0. The van der Waals surface area contributed by atoms with Crippen LogP contribution in [0.1, 0.15) is 134 Å². The first-order chi connectivity index (χ1) is 27.4. The normalized spacial score (nSPS) is 11.5. The van der Waals surface area contributed by atoms with Gasteiger partial charge in [0.25, 0.3) is 0 Å². The van der Waals surface area contributed by atoms with E-state index in [0.717, 1.165) is 44.6 Å². The van der Waals surface area contributed by atoms with E-state index in [-0.39, 0.29) is 73.9 Å². The van der Waals surface area contributed by atoms with Gasteiger partial charge in [0.05, 0.1) is 28.8 Å². The summed E-state index contributed by atoms with van der Waals surface area (Å²) >= 11 is 0. The van der Waals surface area contributed by atoms with Crippen LogP contribution in [0.5, 0.6) is 0 Å². The Labute approximate surface area is 354 Å². The Hall–Kier alpha value is -4.76. The van der Waals surface area contributed by atoms with Gasteiger partial charge in [-0.1, -0.05) is 47.8 Å². The molecule has 0 aliphatic heterocycles. The Balaban J connectivity index is -0.000000345. The highest BCUT2D eigenvalue weighted by atomic mass is 16.6. The minimum absolute atomic E-state index is 0.0659. The van der Waals surface area contributed by atoms with E-state index < -0.39 is 28.9 Å². The van der Waals surface area contributed by atoms with Crippen LogP contribution in [-0.4, -0.2) is 93.3 Å². The van der Waals surface area contributed by atoms with Crippen molar-refractivity contribution in [2.24, 2.45) is 22.2 Å². The average molecular weight is 839 g/mol. The predicted molar refractivity (Wildman–Crippen MR) is 225 cm³/mol. The molecule has 59 heavy (non-hydrogen) atoms. The number of carbonyl (C=O) groups is 6. The zero-order chi connectivity index (χ0) is 46.7. The number of esters is 6. The molecule has 0 saturated carbocycles. The second-order valence-corrected chi connectivity index (χ2v) is 15.3. The standard InChI is InChI=1S/C13H23NO2.C12H20O5.C11H18O4.C8H13NO2/c1-5-13(2,3)12(15)16-11-9-7-6-8-10-14-4;1-5-9(4)12(15)17-7-10(13)6-16-11(14)8(2)3;1-5-9(12)14-7-8-15-10(13)11(3,4)6-2;1-5-8(2,3)7(10)11-6-9-4/h5-11H2,1-3H3;9-10,13H,2,5-7H2,1,3-4H3;5H,1,6-8H2,2-4H3;5-6H2,1-3H3. The van der Waals surface area contributed by atoms with Crippen LogP contribution in [0.15, 0.2) is 24.8 Å². The third-order valence-corrected chi connectivity index (χ3v) is 8.88. The van der Waals surface area contributed by atoms with Gasteiger partial charge < -0.3 is 38.4 Å². The molecule has 0 aromatic heterocycles. The fourth-order valence-electron chi connectivity index (χ4n) is 3.09. The maximum absolute atomic E-state index is 11.6. The minimum Gasteiger partial charge on any atom is -0.465 e. The van der Waals surface area contributed by atoms with E-state index in [4.69, 9.17) is 32.1 Å². The van der Waals surface area contributed by atoms with Crippen LogP contribution in [0, 0.1) is 35.3 Å². The van der Waals surface area contributed by atoms with Gasteiger partial charge in [0.2, 0.25) is 6.54 Å². The molecule has 15 heteroatoms. The quantitative estimate of drug-likeness (QED) is 0.0324. The van der Waals surface area contributed by atoms with Crippen molar-refractivity contribution in [3.8, 4) is 0 Å². The second kappa shape index (κ2) is 35.2.